The predicted molar refractivity (Wildman–Crippen MR) is 103 cm³/mol. The van der Waals surface area contributed by atoms with Gasteiger partial charge in [0, 0.05) is 28.4 Å². The lowest BCUT2D eigenvalue weighted by molar-refractivity contribution is -0.115. The van der Waals surface area contributed by atoms with Gasteiger partial charge in [-0.1, -0.05) is 18.2 Å². The molecule has 0 fully saturated rings. The maximum atomic E-state index is 12.7. The molecule has 3 rings (SSSR count). The molecule has 0 spiro atoms. The Morgan fingerprint density at radius 3 is 2.57 bits per heavy atom. The molecule has 1 heterocycles. The normalized spacial score (nSPS) is 11.4. The molecule has 0 radical (unpaired) electrons. The standard InChI is InChI=1S/C21H17N3O4/c1-13(20(26)17-12-23-18-5-3-2-4-16(17)18)28-21(27)14-6-8-15(9-7-14)24-19(25)10-11-22/h2-9,12-13,23H,10H2,1H3,(H,24,25)/t13-/m0/s1. The maximum absolute atomic E-state index is 12.7. The molecule has 0 aliphatic rings. The van der Waals surface area contributed by atoms with Crippen LogP contribution in [0.2, 0.25) is 0 Å². The van der Waals surface area contributed by atoms with E-state index in [-0.39, 0.29) is 17.8 Å². The average Bonchev–Trinajstić information content (AvgIpc) is 3.12. The number of nitriles is 1. The molecule has 2 aromatic carbocycles. The van der Waals surface area contributed by atoms with Crippen LogP contribution >= 0.6 is 0 Å². The van der Waals surface area contributed by atoms with Crippen LogP contribution in [0.15, 0.2) is 54.7 Å². The molecule has 0 unspecified atom stereocenters. The van der Waals surface area contributed by atoms with Crippen molar-refractivity contribution >= 4 is 34.3 Å². The van der Waals surface area contributed by atoms with Gasteiger partial charge in [-0.15, -0.1) is 0 Å². The van der Waals surface area contributed by atoms with E-state index in [0.29, 0.717) is 11.3 Å². The Morgan fingerprint density at radius 1 is 1.14 bits per heavy atom. The topological polar surface area (TPSA) is 112 Å². The fourth-order valence-electron chi connectivity index (χ4n) is 2.74. The molecule has 1 aromatic heterocycles. The van der Waals surface area contributed by atoms with Gasteiger partial charge in [-0.25, -0.2) is 4.79 Å². The molecule has 7 heteroatoms. The molecule has 7 nitrogen and oxygen atoms in total. The number of Topliss-reactive ketones (excluding diaryl/α,β-unsaturated/α-hetero) is 1. The summed E-state index contributed by atoms with van der Waals surface area (Å²) in [7, 11) is 0. The van der Waals surface area contributed by atoms with Crippen LogP contribution in [0.5, 0.6) is 0 Å². The number of aromatic nitrogens is 1. The molecule has 0 aliphatic heterocycles. The maximum Gasteiger partial charge on any atom is 0.338 e. The summed E-state index contributed by atoms with van der Waals surface area (Å²) in [6, 6.07) is 15.1. The minimum atomic E-state index is -0.957. The summed E-state index contributed by atoms with van der Waals surface area (Å²) in [4.78, 5) is 39.4. The SMILES string of the molecule is C[C@H](OC(=O)c1ccc(NC(=O)CC#N)cc1)C(=O)c1c[nH]c2ccccc12. The molecule has 28 heavy (non-hydrogen) atoms. The first-order chi connectivity index (χ1) is 13.5. The number of H-pyrrole nitrogens is 1. The summed E-state index contributed by atoms with van der Waals surface area (Å²) in [6.45, 7) is 1.53. The number of amides is 1. The number of ketones is 1. The summed E-state index contributed by atoms with van der Waals surface area (Å²) >= 11 is 0. The molecule has 0 saturated carbocycles. The Balaban J connectivity index is 1.66. The van der Waals surface area contributed by atoms with Crippen LogP contribution in [0, 0.1) is 11.3 Å². The van der Waals surface area contributed by atoms with Crippen molar-refractivity contribution in [1.82, 2.24) is 4.98 Å². The van der Waals surface area contributed by atoms with E-state index < -0.39 is 18.0 Å². The first kappa shape index (κ1) is 18.9. The van der Waals surface area contributed by atoms with Crippen molar-refractivity contribution in [2.45, 2.75) is 19.4 Å². The van der Waals surface area contributed by atoms with E-state index in [2.05, 4.69) is 10.3 Å². The van der Waals surface area contributed by atoms with Gasteiger partial charge < -0.3 is 15.0 Å². The van der Waals surface area contributed by atoms with E-state index >= 15 is 0 Å². The van der Waals surface area contributed by atoms with Crippen molar-refractivity contribution in [1.29, 1.82) is 5.26 Å². The van der Waals surface area contributed by atoms with Gasteiger partial charge in [0.05, 0.1) is 11.6 Å². The second-order valence-corrected chi connectivity index (χ2v) is 6.12. The highest BCUT2D eigenvalue weighted by atomic mass is 16.5. The number of fused-ring (bicyclic) bond motifs is 1. The summed E-state index contributed by atoms with van der Waals surface area (Å²) < 4.78 is 5.30. The second-order valence-electron chi connectivity index (χ2n) is 6.12. The van der Waals surface area contributed by atoms with Gasteiger partial charge in [0.15, 0.2) is 6.10 Å². The van der Waals surface area contributed by atoms with Gasteiger partial charge >= 0.3 is 5.97 Å². The molecule has 1 amide bonds. The lowest BCUT2D eigenvalue weighted by Crippen LogP contribution is -2.24. The number of carbonyl (C=O) groups is 3. The number of esters is 1. The van der Waals surface area contributed by atoms with Gasteiger partial charge in [0.2, 0.25) is 11.7 Å². The number of hydrogen-bond acceptors (Lipinski definition) is 5. The summed E-state index contributed by atoms with van der Waals surface area (Å²) in [5.41, 5.74) is 2.00. The Morgan fingerprint density at radius 2 is 1.86 bits per heavy atom. The van der Waals surface area contributed by atoms with Crippen LogP contribution in [0.25, 0.3) is 10.9 Å². The molecule has 140 valence electrons. The fourth-order valence-corrected chi connectivity index (χ4v) is 2.74. The van der Waals surface area contributed by atoms with Crippen molar-refractivity contribution in [2.24, 2.45) is 0 Å². The van der Waals surface area contributed by atoms with Crippen LogP contribution in [0.1, 0.15) is 34.1 Å². The summed E-state index contributed by atoms with van der Waals surface area (Å²) in [5.74, 6) is -1.38. The van der Waals surface area contributed by atoms with Gasteiger partial charge in [0.25, 0.3) is 0 Å². The third-order valence-corrected chi connectivity index (χ3v) is 4.15. The molecular weight excluding hydrogens is 358 g/mol. The molecular formula is C21H17N3O4. The number of carbonyl (C=O) groups excluding carboxylic acids is 3. The van der Waals surface area contributed by atoms with Crippen molar-refractivity contribution in [2.75, 3.05) is 5.32 Å². The van der Waals surface area contributed by atoms with Crippen LogP contribution in [-0.2, 0) is 9.53 Å². The van der Waals surface area contributed by atoms with Crippen LogP contribution < -0.4 is 5.32 Å². The number of nitrogens with zero attached hydrogens (tertiary/aromatic N) is 1. The average molecular weight is 375 g/mol. The molecule has 1 atom stereocenters. The Kier molecular flexibility index (Phi) is 5.51. The molecule has 2 N–H and O–H groups in total. The number of aromatic amines is 1. The van der Waals surface area contributed by atoms with E-state index in [0.717, 1.165) is 10.9 Å². The molecule has 0 aliphatic carbocycles. The minimum Gasteiger partial charge on any atom is -0.451 e. The Hall–Kier alpha value is -3.92. The van der Waals surface area contributed by atoms with Crippen molar-refractivity contribution < 1.29 is 19.1 Å². The van der Waals surface area contributed by atoms with Crippen LogP contribution in [-0.4, -0.2) is 28.7 Å². The highest BCUT2D eigenvalue weighted by molar-refractivity contribution is 6.10. The third-order valence-electron chi connectivity index (χ3n) is 4.15. The van der Waals surface area contributed by atoms with E-state index in [9.17, 15) is 14.4 Å². The van der Waals surface area contributed by atoms with Crippen molar-refractivity contribution in [3.63, 3.8) is 0 Å². The number of benzene rings is 2. The van der Waals surface area contributed by atoms with Gasteiger partial charge in [-0.05, 0) is 37.3 Å². The van der Waals surface area contributed by atoms with Crippen molar-refractivity contribution in [3.05, 3.63) is 65.9 Å². The van der Waals surface area contributed by atoms with Crippen LogP contribution in [0.4, 0.5) is 5.69 Å². The number of anilines is 1. The zero-order valence-corrected chi connectivity index (χ0v) is 15.1. The number of nitrogens with one attached hydrogen (secondary N) is 2. The third kappa shape index (κ3) is 4.07. The Labute approximate surface area is 160 Å². The summed E-state index contributed by atoms with van der Waals surface area (Å²) in [6.07, 6.45) is 0.398. The monoisotopic (exact) mass is 375 g/mol. The second kappa shape index (κ2) is 8.18. The highest BCUT2D eigenvalue weighted by Crippen LogP contribution is 2.20. The first-order valence-electron chi connectivity index (χ1n) is 8.58. The largest absolute Gasteiger partial charge is 0.451 e. The number of rotatable bonds is 6. The molecule has 0 bridgehead atoms. The molecule has 0 saturated heterocycles. The van der Waals surface area contributed by atoms with E-state index in [1.165, 1.54) is 31.2 Å². The van der Waals surface area contributed by atoms with E-state index in [1.54, 1.807) is 12.3 Å². The number of para-hydroxylation sites is 1. The van der Waals surface area contributed by atoms with Gasteiger partial charge in [-0.3, -0.25) is 9.59 Å². The summed E-state index contributed by atoms with van der Waals surface area (Å²) in [5, 5.41) is 11.8. The lowest BCUT2D eigenvalue weighted by Gasteiger charge is -2.12. The van der Waals surface area contributed by atoms with Gasteiger partial charge in [-0.2, -0.15) is 5.26 Å². The van der Waals surface area contributed by atoms with Gasteiger partial charge in [0.1, 0.15) is 6.42 Å². The van der Waals surface area contributed by atoms with Crippen LogP contribution in [0.3, 0.4) is 0 Å². The highest BCUT2D eigenvalue weighted by Gasteiger charge is 2.22. The minimum absolute atomic E-state index is 0.247. The van der Waals surface area contributed by atoms with E-state index in [4.69, 9.17) is 10.00 Å². The number of ether oxygens (including phenoxy) is 1. The zero-order chi connectivity index (χ0) is 20.1. The molecule has 3 aromatic rings. The zero-order valence-electron chi connectivity index (χ0n) is 15.1. The number of hydrogen-bond donors (Lipinski definition) is 2. The fraction of sp³-hybridized carbons (Fsp3) is 0.143. The Bertz CT molecular complexity index is 1080. The van der Waals surface area contributed by atoms with Crippen molar-refractivity contribution in [3.8, 4) is 6.07 Å². The van der Waals surface area contributed by atoms with E-state index in [1.807, 2.05) is 24.3 Å². The quantitative estimate of drug-likeness (QED) is 0.506. The smallest absolute Gasteiger partial charge is 0.338 e. The predicted octanol–water partition coefficient (Wildman–Crippen LogP) is 3.45. The lowest BCUT2D eigenvalue weighted by atomic mass is 10.1. The first-order valence-corrected chi connectivity index (χ1v) is 8.58.